The average molecular weight is 271 g/mol. The lowest BCUT2D eigenvalue weighted by Gasteiger charge is -2.25. The molecule has 1 aliphatic carbocycles. The summed E-state index contributed by atoms with van der Waals surface area (Å²) in [5.74, 6) is -1.30. The van der Waals surface area contributed by atoms with Gasteiger partial charge in [0.15, 0.2) is 0 Å². The van der Waals surface area contributed by atoms with E-state index in [2.05, 4.69) is 10.6 Å². The molecule has 1 fully saturated rings. The van der Waals surface area contributed by atoms with Crippen molar-refractivity contribution in [1.82, 2.24) is 15.5 Å². The van der Waals surface area contributed by atoms with Gasteiger partial charge < -0.3 is 20.6 Å². The molecule has 3 amide bonds. The van der Waals surface area contributed by atoms with Crippen LogP contribution in [0.15, 0.2) is 0 Å². The van der Waals surface area contributed by atoms with E-state index >= 15 is 0 Å². The van der Waals surface area contributed by atoms with E-state index in [4.69, 9.17) is 5.11 Å². The number of nitrogens with one attached hydrogen (secondary N) is 2. The highest BCUT2D eigenvalue weighted by molar-refractivity contribution is 5.88. The maximum Gasteiger partial charge on any atom is 0.326 e. The highest BCUT2D eigenvalue weighted by Crippen LogP contribution is 2.18. The van der Waals surface area contributed by atoms with Gasteiger partial charge in [0, 0.05) is 13.1 Å². The Morgan fingerprint density at radius 3 is 2.37 bits per heavy atom. The van der Waals surface area contributed by atoms with Crippen molar-refractivity contribution in [3.63, 3.8) is 0 Å². The molecule has 3 N–H and O–H groups in total. The number of nitrogens with zero attached hydrogens (tertiary/aromatic N) is 1. The van der Waals surface area contributed by atoms with E-state index in [9.17, 15) is 14.4 Å². The maximum absolute atomic E-state index is 11.8. The first kappa shape index (κ1) is 15.3. The maximum atomic E-state index is 11.8. The fraction of sp³-hybridized carbons (Fsp3) is 0.750. The van der Waals surface area contributed by atoms with Crippen LogP contribution in [-0.4, -0.2) is 53.1 Å². The third kappa shape index (κ3) is 4.42. The quantitative estimate of drug-likeness (QED) is 0.640. The summed E-state index contributed by atoms with van der Waals surface area (Å²) < 4.78 is 0. The fourth-order valence-electron chi connectivity index (χ4n) is 1.66. The van der Waals surface area contributed by atoms with Crippen molar-refractivity contribution in [2.75, 3.05) is 7.05 Å². The van der Waals surface area contributed by atoms with E-state index in [1.54, 1.807) is 13.8 Å². The lowest BCUT2D eigenvalue weighted by Crippen LogP contribution is -2.53. The van der Waals surface area contributed by atoms with Crippen LogP contribution in [0.2, 0.25) is 0 Å². The number of carboxylic acid groups (broad SMARTS) is 1. The summed E-state index contributed by atoms with van der Waals surface area (Å²) in [5.41, 5.74) is 0. The second kappa shape index (κ2) is 6.40. The second-order valence-corrected chi connectivity index (χ2v) is 4.83. The number of likely N-dealkylation sites (N-methyl/N-ethyl adjacent to an activating group) is 1. The van der Waals surface area contributed by atoms with E-state index in [0.717, 1.165) is 17.7 Å². The van der Waals surface area contributed by atoms with Gasteiger partial charge in [0.25, 0.3) is 0 Å². The molecule has 7 heteroatoms. The molecular weight excluding hydrogens is 250 g/mol. The number of hydrogen-bond donors (Lipinski definition) is 3. The SMILES string of the molecule is CCC(C(=O)O)N(C)C(=O)NC(C)C(=O)NC1CC1. The van der Waals surface area contributed by atoms with Crippen molar-refractivity contribution in [1.29, 1.82) is 0 Å². The van der Waals surface area contributed by atoms with E-state index in [0.29, 0.717) is 6.42 Å². The monoisotopic (exact) mass is 271 g/mol. The van der Waals surface area contributed by atoms with Gasteiger partial charge in [0.1, 0.15) is 12.1 Å². The molecular formula is C12H21N3O4. The molecule has 0 heterocycles. The third-order valence-corrected chi connectivity index (χ3v) is 3.12. The van der Waals surface area contributed by atoms with Crippen molar-refractivity contribution in [3.8, 4) is 0 Å². The molecule has 2 unspecified atom stereocenters. The molecule has 0 bridgehead atoms. The number of amides is 3. The zero-order chi connectivity index (χ0) is 14.6. The van der Waals surface area contributed by atoms with Crippen molar-refractivity contribution in [3.05, 3.63) is 0 Å². The molecule has 19 heavy (non-hydrogen) atoms. The normalized spacial score (nSPS) is 17.2. The molecule has 1 rings (SSSR count). The highest BCUT2D eigenvalue weighted by atomic mass is 16.4. The Morgan fingerprint density at radius 2 is 1.95 bits per heavy atom. The van der Waals surface area contributed by atoms with Gasteiger partial charge in [-0.25, -0.2) is 9.59 Å². The van der Waals surface area contributed by atoms with Gasteiger partial charge in [0.05, 0.1) is 0 Å². The number of aliphatic carboxylic acids is 1. The molecule has 108 valence electrons. The summed E-state index contributed by atoms with van der Waals surface area (Å²) in [4.78, 5) is 35.5. The summed E-state index contributed by atoms with van der Waals surface area (Å²) in [6.07, 6.45) is 2.26. The zero-order valence-corrected chi connectivity index (χ0v) is 11.5. The van der Waals surface area contributed by atoms with Crippen LogP contribution in [0.1, 0.15) is 33.1 Å². The van der Waals surface area contributed by atoms with Gasteiger partial charge in [-0.2, -0.15) is 0 Å². The standard InChI is InChI=1S/C12H21N3O4/c1-4-9(11(17)18)15(3)12(19)13-7(2)10(16)14-8-5-6-8/h7-9H,4-6H2,1-3H3,(H,13,19)(H,14,16)(H,17,18). The van der Waals surface area contributed by atoms with Crippen LogP contribution in [0.3, 0.4) is 0 Å². The molecule has 0 aromatic carbocycles. The van der Waals surface area contributed by atoms with Crippen LogP contribution in [0.4, 0.5) is 4.79 Å². The van der Waals surface area contributed by atoms with E-state index in [1.165, 1.54) is 7.05 Å². The zero-order valence-electron chi connectivity index (χ0n) is 11.5. The molecule has 0 aromatic rings. The van der Waals surface area contributed by atoms with E-state index in [1.807, 2.05) is 0 Å². The molecule has 0 spiro atoms. The smallest absolute Gasteiger partial charge is 0.326 e. The summed E-state index contributed by atoms with van der Waals surface area (Å²) in [5, 5.41) is 14.2. The summed E-state index contributed by atoms with van der Waals surface area (Å²) in [7, 11) is 1.41. The predicted octanol–water partition coefficient (Wildman–Crippen LogP) is 0.158. The summed E-state index contributed by atoms with van der Waals surface area (Å²) in [6.45, 7) is 3.26. The Kier molecular flexibility index (Phi) is 5.14. The average Bonchev–Trinajstić information content (AvgIpc) is 3.12. The number of urea groups is 1. The predicted molar refractivity (Wildman–Crippen MR) is 68.6 cm³/mol. The van der Waals surface area contributed by atoms with Gasteiger partial charge >= 0.3 is 12.0 Å². The van der Waals surface area contributed by atoms with Gasteiger partial charge in [0.2, 0.25) is 5.91 Å². The minimum absolute atomic E-state index is 0.229. The minimum Gasteiger partial charge on any atom is -0.480 e. The van der Waals surface area contributed by atoms with Crippen molar-refractivity contribution >= 4 is 17.9 Å². The fourth-order valence-corrected chi connectivity index (χ4v) is 1.66. The van der Waals surface area contributed by atoms with E-state index < -0.39 is 24.1 Å². The Hall–Kier alpha value is -1.79. The number of carbonyl (C=O) groups excluding carboxylic acids is 2. The van der Waals surface area contributed by atoms with E-state index in [-0.39, 0.29) is 11.9 Å². The number of carbonyl (C=O) groups is 3. The summed E-state index contributed by atoms with van der Waals surface area (Å²) >= 11 is 0. The van der Waals surface area contributed by atoms with Crippen LogP contribution < -0.4 is 10.6 Å². The first-order valence-electron chi connectivity index (χ1n) is 6.43. The van der Waals surface area contributed by atoms with Crippen LogP contribution in [0, 0.1) is 0 Å². The Labute approximate surface area is 112 Å². The van der Waals surface area contributed by atoms with Crippen LogP contribution >= 0.6 is 0 Å². The lowest BCUT2D eigenvalue weighted by atomic mass is 10.2. The molecule has 7 nitrogen and oxygen atoms in total. The second-order valence-electron chi connectivity index (χ2n) is 4.83. The molecule has 0 saturated heterocycles. The summed E-state index contributed by atoms with van der Waals surface area (Å²) in [6, 6.07) is -1.90. The van der Waals surface area contributed by atoms with Gasteiger partial charge in [-0.05, 0) is 26.2 Å². The van der Waals surface area contributed by atoms with Crippen LogP contribution in [0.5, 0.6) is 0 Å². The van der Waals surface area contributed by atoms with Gasteiger partial charge in [-0.1, -0.05) is 6.92 Å². The van der Waals surface area contributed by atoms with Crippen LogP contribution in [0.25, 0.3) is 0 Å². The lowest BCUT2D eigenvalue weighted by molar-refractivity contribution is -0.141. The third-order valence-electron chi connectivity index (χ3n) is 3.12. The molecule has 2 atom stereocenters. The highest BCUT2D eigenvalue weighted by Gasteiger charge is 2.29. The molecule has 0 aliphatic heterocycles. The van der Waals surface area contributed by atoms with Crippen LogP contribution in [-0.2, 0) is 9.59 Å². The first-order valence-corrected chi connectivity index (χ1v) is 6.43. The Bertz CT molecular complexity index is 368. The number of rotatable bonds is 6. The van der Waals surface area contributed by atoms with Crippen molar-refractivity contribution < 1.29 is 19.5 Å². The molecule has 0 aromatic heterocycles. The molecule has 1 saturated carbocycles. The Balaban J connectivity index is 2.47. The largest absolute Gasteiger partial charge is 0.480 e. The first-order chi connectivity index (χ1) is 8.86. The topological polar surface area (TPSA) is 98.7 Å². The van der Waals surface area contributed by atoms with Gasteiger partial charge in [-0.3, -0.25) is 4.79 Å². The number of carboxylic acids is 1. The van der Waals surface area contributed by atoms with Gasteiger partial charge in [-0.15, -0.1) is 0 Å². The van der Waals surface area contributed by atoms with Crippen molar-refractivity contribution in [2.45, 2.75) is 51.2 Å². The Morgan fingerprint density at radius 1 is 1.37 bits per heavy atom. The molecule has 1 aliphatic rings. The number of hydrogen-bond acceptors (Lipinski definition) is 3. The molecule has 0 radical (unpaired) electrons. The minimum atomic E-state index is -1.06. The van der Waals surface area contributed by atoms with Crippen molar-refractivity contribution in [2.24, 2.45) is 0 Å².